The Morgan fingerprint density at radius 3 is 2.76 bits per heavy atom. The average Bonchev–Trinajstić information content (AvgIpc) is 3.11. The van der Waals surface area contributed by atoms with Crippen molar-refractivity contribution in [2.45, 2.75) is 25.2 Å². The molecule has 2 N–H and O–H groups in total. The first-order chi connectivity index (χ1) is 12.3. The van der Waals surface area contributed by atoms with Crippen LogP contribution in [0.15, 0.2) is 55.0 Å². The highest BCUT2D eigenvalue weighted by Crippen LogP contribution is 2.26. The van der Waals surface area contributed by atoms with Crippen LogP contribution in [0.1, 0.15) is 29.9 Å². The number of carbonyl (C=O) groups is 1. The summed E-state index contributed by atoms with van der Waals surface area (Å²) in [6, 6.07) is 12.2. The van der Waals surface area contributed by atoms with Crippen LogP contribution in [0.4, 0.5) is 5.69 Å². The molecule has 0 spiro atoms. The highest BCUT2D eigenvalue weighted by atomic mass is 16.1. The Kier molecular flexibility index (Phi) is 4.48. The van der Waals surface area contributed by atoms with Gasteiger partial charge in [-0.15, -0.1) is 0 Å². The number of rotatable bonds is 4. The van der Waals surface area contributed by atoms with Crippen LogP contribution in [0, 0.1) is 0 Å². The van der Waals surface area contributed by atoms with Crippen molar-refractivity contribution in [2.75, 3.05) is 18.4 Å². The molecule has 5 nitrogen and oxygen atoms in total. The van der Waals surface area contributed by atoms with E-state index < -0.39 is 0 Å². The summed E-state index contributed by atoms with van der Waals surface area (Å²) in [4.78, 5) is 16.5. The summed E-state index contributed by atoms with van der Waals surface area (Å²) in [6.07, 6.45) is 8.29. The molecule has 25 heavy (non-hydrogen) atoms. The highest BCUT2D eigenvalue weighted by molar-refractivity contribution is 5.92. The Hall–Kier alpha value is -2.66. The van der Waals surface area contributed by atoms with E-state index in [0.29, 0.717) is 12.3 Å². The smallest absolute Gasteiger partial charge is 0.228 e. The monoisotopic (exact) mass is 334 g/mol. The van der Waals surface area contributed by atoms with Gasteiger partial charge >= 0.3 is 0 Å². The molecule has 3 aromatic rings. The van der Waals surface area contributed by atoms with Crippen molar-refractivity contribution in [3.8, 4) is 0 Å². The number of amides is 1. The molecule has 128 valence electrons. The molecule has 0 atom stereocenters. The number of hydrogen-bond acceptors (Lipinski definition) is 3. The van der Waals surface area contributed by atoms with Gasteiger partial charge in [0.05, 0.1) is 6.42 Å². The zero-order valence-electron chi connectivity index (χ0n) is 14.1. The first-order valence-electron chi connectivity index (χ1n) is 8.80. The number of pyridine rings is 1. The van der Waals surface area contributed by atoms with Gasteiger partial charge in [0.1, 0.15) is 5.65 Å². The van der Waals surface area contributed by atoms with Crippen molar-refractivity contribution in [3.63, 3.8) is 0 Å². The number of hydrogen-bond donors (Lipinski definition) is 2. The van der Waals surface area contributed by atoms with E-state index >= 15 is 0 Å². The first-order valence-corrected chi connectivity index (χ1v) is 8.80. The minimum Gasteiger partial charge on any atom is -0.326 e. The second-order valence-corrected chi connectivity index (χ2v) is 6.60. The van der Waals surface area contributed by atoms with Gasteiger partial charge in [-0.05, 0) is 67.2 Å². The number of aromatic nitrogens is 2. The van der Waals surface area contributed by atoms with Gasteiger partial charge in [0, 0.05) is 24.3 Å². The maximum Gasteiger partial charge on any atom is 0.228 e. The third kappa shape index (κ3) is 3.72. The SMILES string of the molecule is O=C(Cc1ccn2ccnc2c1)Nc1ccc(C2CCNCC2)cc1. The minimum atomic E-state index is -0.00878. The molecule has 0 saturated carbocycles. The van der Waals surface area contributed by atoms with Crippen LogP contribution in [0.2, 0.25) is 0 Å². The van der Waals surface area contributed by atoms with Crippen molar-refractivity contribution < 1.29 is 4.79 Å². The molecule has 0 radical (unpaired) electrons. The number of carbonyl (C=O) groups excluding carboxylic acids is 1. The van der Waals surface area contributed by atoms with E-state index in [-0.39, 0.29) is 5.91 Å². The second-order valence-electron chi connectivity index (χ2n) is 6.60. The summed E-state index contributed by atoms with van der Waals surface area (Å²) in [7, 11) is 0. The predicted octanol–water partition coefficient (Wildman–Crippen LogP) is 2.98. The summed E-state index contributed by atoms with van der Waals surface area (Å²) in [5, 5.41) is 6.38. The van der Waals surface area contributed by atoms with Crippen molar-refractivity contribution in [1.29, 1.82) is 0 Å². The molecule has 4 rings (SSSR count). The Morgan fingerprint density at radius 2 is 1.96 bits per heavy atom. The van der Waals surface area contributed by atoms with Crippen LogP contribution < -0.4 is 10.6 Å². The van der Waals surface area contributed by atoms with Gasteiger partial charge in [-0.1, -0.05) is 12.1 Å². The van der Waals surface area contributed by atoms with Crippen LogP contribution in [0.25, 0.3) is 5.65 Å². The normalized spacial score (nSPS) is 15.4. The lowest BCUT2D eigenvalue weighted by Gasteiger charge is -2.23. The number of fused-ring (bicyclic) bond motifs is 1. The maximum absolute atomic E-state index is 12.3. The Balaban J connectivity index is 1.38. The maximum atomic E-state index is 12.3. The minimum absolute atomic E-state index is 0.00878. The number of imidazole rings is 1. The van der Waals surface area contributed by atoms with Gasteiger partial charge in [0.2, 0.25) is 5.91 Å². The zero-order chi connectivity index (χ0) is 17.1. The molecule has 1 amide bonds. The molecule has 1 saturated heterocycles. The molecule has 1 aliphatic heterocycles. The molecular formula is C20H22N4O. The van der Waals surface area contributed by atoms with Gasteiger partial charge in [-0.3, -0.25) is 4.79 Å². The molecule has 2 aromatic heterocycles. The van der Waals surface area contributed by atoms with Gasteiger partial charge in [-0.2, -0.15) is 0 Å². The van der Waals surface area contributed by atoms with Crippen LogP contribution in [-0.2, 0) is 11.2 Å². The van der Waals surface area contributed by atoms with Crippen molar-refractivity contribution in [2.24, 2.45) is 0 Å². The zero-order valence-corrected chi connectivity index (χ0v) is 14.1. The van der Waals surface area contributed by atoms with E-state index in [1.54, 1.807) is 6.20 Å². The number of nitrogens with one attached hydrogen (secondary N) is 2. The van der Waals surface area contributed by atoms with E-state index in [0.717, 1.165) is 30.0 Å². The van der Waals surface area contributed by atoms with E-state index in [1.807, 2.05) is 41.1 Å². The average molecular weight is 334 g/mol. The fourth-order valence-electron chi connectivity index (χ4n) is 3.45. The van der Waals surface area contributed by atoms with Crippen LogP contribution in [0.5, 0.6) is 0 Å². The van der Waals surface area contributed by atoms with E-state index in [2.05, 4.69) is 27.8 Å². The lowest BCUT2D eigenvalue weighted by molar-refractivity contribution is -0.115. The largest absolute Gasteiger partial charge is 0.326 e. The fourth-order valence-corrected chi connectivity index (χ4v) is 3.45. The van der Waals surface area contributed by atoms with Crippen LogP contribution in [-0.4, -0.2) is 28.4 Å². The lowest BCUT2D eigenvalue weighted by atomic mass is 9.90. The molecule has 1 fully saturated rings. The highest BCUT2D eigenvalue weighted by Gasteiger charge is 2.15. The Bertz CT molecular complexity index is 863. The van der Waals surface area contributed by atoms with Crippen molar-refractivity contribution in [1.82, 2.24) is 14.7 Å². The van der Waals surface area contributed by atoms with Crippen LogP contribution >= 0.6 is 0 Å². The number of nitrogens with zero attached hydrogens (tertiary/aromatic N) is 2. The summed E-state index contributed by atoms with van der Waals surface area (Å²) >= 11 is 0. The van der Waals surface area contributed by atoms with Gasteiger partial charge < -0.3 is 15.0 Å². The van der Waals surface area contributed by atoms with Gasteiger partial charge in [-0.25, -0.2) is 4.98 Å². The van der Waals surface area contributed by atoms with Crippen molar-refractivity contribution in [3.05, 3.63) is 66.1 Å². The van der Waals surface area contributed by atoms with Crippen LogP contribution in [0.3, 0.4) is 0 Å². The fraction of sp³-hybridized carbons (Fsp3) is 0.300. The molecule has 1 aliphatic rings. The summed E-state index contributed by atoms with van der Waals surface area (Å²) in [6.45, 7) is 2.17. The van der Waals surface area contributed by atoms with E-state index in [4.69, 9.17) is 0 Å². The van der Waals surface area contributed by atoms with E-state index in [9.17, 15) is 4.79 Å². The molecule has 0 aliphatic carbocycles. The number of anilines is 1. The third-order valence-electron chi connectivity index (χ3n) is 4.83. The predicted molar refractivity (Wildman–Crippen MR) is 98.8 cm³/mol. The quantitative estimate of drug-likeness (QED) is 0.771. The molecule has 0 unspecified atom stereocenters. The summed E-state index contributed by atoms with van der Waals surface area (Å²) < 4.78 is 1.93. The summed E-state index contributed by atoms with van der Waals surface area (Å²) in [5.41, 5.74) is 4.04. The van der Waals surface area contributed by atoms with Gasteiger partial charge in [0.25, 0.3) is 0 Å². The summed E-state index contributed by atoms with van der Waals surface area (Å²) in [5.74, 6) is 0.623. The number of piperidine rings is 1. The molecule has 3 heterocycles. The van der Waals surface area contributed by atoms with Gasteiger partial charge in [0.15, 0.2) is 0 Å². The molecular weight excluding hydrogens is 312 g/mol. The standard InChI is InChI=1S/C20H22N4O/c25-20(14-15-7-11-24-12-10-22-19(24)13-15)23-18-3-1-16(2-4-18)17-5-8-21-9-6-17/h1-4,7,10-13,17,21H,5-6,8-9,14H2,(H,23,25). The van der Waals surface area contributed by atoms with E-state index in [1.165, 1.54) is 18.4 Å². The molecule has 1 aromatic carbocycles. The topological polar surface area (TPSA) is 58.4 Å². The molecule has 0 bridgehead atoms. The Morgan fingerprint density at radius 1 is 1.16 bits per heavy atom. The third-order valence-corrected chi connectivity index (χ3v) is 4.83. The first kappa shape index (κ1) is 15.8. The Labute approximate surface area is 147 Å². The lowest BCUT2D eigenvalue weighted by Crippen LogP contribution is -2.26. The number of benzene rings is 1. The second kappa shape index (κ2) is 7.07. The van der Waals surface area contributed by atoms with Crippen molar-refractivity contribution >= 4 is 17.2 Å². The molecule has 5 heteroatoms.